The summed E-state index contributed by atoms with van der Waals surface area (Å²) in [6.07, 6.45) is 2.87. The van der Waals surface area contributed by atoms with Crippen molar-refractivity contribution in [1.82, 2.24) is 14.8 Å². The average Bonchev–Trinajstić information content (AvgIpc) is 3.13. The Labute approximate surface area is 171 Å². The fraction of sp³-hybridized carbons (Fsp3) is 0.591. The number of ether oxygens (including phenoxy) is 3. The molecule has 1 saturated heterocycles. The predicted octanol–water partition coefficient (Wildman–Crippen LogP) is 2.15. The first-order valence-corrected chi connectivity index (χ1v) is 10.3. The largest absolute Gasteiger partial charge is 0.497 e. The van der Waals surface area contributed by atoms with Gasteiger partial charge in [-0.05, 0) is 50.1 Å². The molecule has 1 N–H and O–H groups in total. The summed E-state index contributed by atoms with van der Waals surface area (Å²) in [5, 5.41) is 1.26. The normalized spacial score (nSPS) is 18.9. The van der Waals surface area contributed by atoms with Crippen LogP contribution in [0.3, 0.4) is 0 Å². The first-order chi connectivity index (χ1) is 14.1. The minimum absolute atomic E-state index is 0.0481. The molecule has 0 atom stereocenters. The van der Waals surface area contributed by atoms with Gasteiger partial charge in [0, 0.05) is 43.3 Å². The minimum Gasteiger partial charge on any atom is -0.497 e. The molecule has 0 bridgehead atoms. The van der Waals surface area contributed by atoms with Gasteiger partial charge in [-0.3, -0.25) is 9.69 Å². The molecular formula is C22H31N3O4. The maximum absolute atomic E-state index is 12.5. The van der Waals surface area contributed by atoms with E-state index < -0.39 is 0 Å². The second-order valence-corrected chi connectivity index (χ2v) is 8.02. The van der Waals surface area contributed by atoms with Crippen molar-refractivity contribution in [1.29, 1.82) is 0 Å². The summed E-state index contributed by atoms with van der Waals surface area (Å²) in [7, 11) is 5.55. The van der Waals surface area contributed by atoms with Gasteiger partial charge in [-0.2, -0.15) is 0 Å². The number of likely N-dealkylation sites (N-methyl/N-ethyl adjacent to an activating group) is 1. The van der Waals surface area contributed by atoms with Crippen LogP contribution in [0, 0.1) is 0 Å². The number of carbonyl (C=O) groups is 1. The van der Waals surface area contributed by atoms with Gasteiger partial charge in [-0.1, -0.05) is 0 Å². The predicted molar refractivity (Wildman–Crippen MR) is 111 cm³/mol. The number of likely N-dealkylation sites (tertiary alicyclic amines) is 1. The van der Waals surface area contributed by atoms with Gasteiger partial charge >= 0.3 is 0 Å². The molecule has 2 aromatic rings. The third kappa shape index (κ3) is 3.63. The van der Waals surface area contributed by atoms with E-state index in [1.807, 2.05) is 11.0 Å². The molecule has 7 nitrogen and oxygen atoms in total. The standard InChI is InChI=1S/C22H31N3O4/c1-24-9-6-17-18-14-16(28-3)4-5-19(18)23-21(17)22(24)7-10-25(11-8-22)20(26)15-29-13-12-27-2/h4-5,14,23H,6-13,15H2,1-3H3. The van der Waals surface area contributed by atoms with E-state index >= 15 is 0 Å². The van der Waals surface area contributed by atoms with E-state index in [0.717, 1.165) is 50.2 Å². The lowest BCUT2D eigenvalue weighted by molar-refractivity contribution is -0.139. The van der Waals surface area contributed by atoms with Gasteiger partial charge in [-0.25, -0.2) is 0 Å². The fourth-order valence-electron chi connectivity index (χ4n) is 4.85. The number of carbonyl (C=O) groups excluding carboxylic acids is 1. The fourth-order valence-corrected chi connectivity index (χ4v) is 4.85. The molecule has 1 fully saturated rings. The van der Waals surface area contributed by atoms with Crippen molar-refractivity contribution >= 4 is 16.8 Å². The van der Waals surface area contributed by atoms with E-state index in [9.17, 15) is 4.79 Å². The summed E-state index contributed by atoms with van der Waals surface area (Å²) >= 11 is 0. The van der Waals surface area contributed by atoms with Gasteiger partial charge in [0.15, 0.2) is 0 Å². The van der Waals surface area contributed by atoms with Crippen LogP contribution in [0.5, 0.6) is 5.75 Å². The molecule has 0 unspecified atom stereocenters. The van der Waals surface area contributed by atoms with E-state index in [4.69, 9.17) is 14.2 Å². The number of nitrogens with one attached hydrogen (secondary N) is 1. The molecule has 1 aromatic carbocycles. The molecule has 4 rings (SSSR count). The Balaban J connectivity index is 1.53. The molecule has 29 heavy (non-hydrogen) atoms. The Morgan fingerprint density at radius 2 is 1.97 bits per heavy atom. The van der Waals surface area contributed by atoms with Crippen LogP contribution in [-0.4, -0.2) is 81.4 Å². The third-order valence-electron chi connectivity index (χ3n) is 6.61. The molecule has 1 aromatic heterocycles. The lowest BCUT2D eigenvalue weighted by Crippen LogP contribution is -2.56. The van der Waals surface area contributed by atoms with Crippen molar-refractivity contribution in [2.24, 2.45) is 0 Å². The van der Waals surface area contributed by atoms with Crippen molar-refractivity contribution in [3.63, 3.8) is 0 Å². The van der Waals surface area contributed by atoms with Crippen LogP contribution in [-0.2, 0) is 26.2 Å². The molecule has 2 aliphatic rings. The van der Waals surface area contributed by atoms with E-state index in [1.165, 1.54) is 16.6 Å². The van der Waals surface area contributed by atoms with Crippen LogP contribution in [0.25, 0.3) is 10.9 Å². The first kappa shape index (κ1) is 20.2. The quantitative estimate of drug-likeness (QED) is 0.752. The maximum Gasteiger partial charge on any atom is 0.248 e. The number of hydrogen-bond acceptors (Lipinski definition) is 5. The SMILES string of the molecule is COCCOCC(=O)N1CCC2(CC1)c1[nH]c3ccc(OC)cc3c1CCN2C. The molecular weight excluding hydrogens is 370 g/mol. The molecule has 158 valence electrons. The number of piperidine rings is 1. The topological polar surface area (TPSA) is 67.0 Å². The van der Waals surface area contributed by atoms with Crippen molar-refractivity contribution < 1.29 is 19.0 Å². The van der Waals surface area contributed by atoms with Crippen LogP contribution < -0.4 is 4.74 Å². The number of amides is 1. The smallest absolute Gasteiger partial charge is 0.248 e. The second kappa shape index (κ2) is 8.34. The number of hydrogen-bond donors (Lipinski definition) is 1. The van der Waals surface area contributed by atoms with Gasteiger partial charge in [0.2, 0.25) is 5.91 Å². The molecule has 1 spiro atoms. The van der Waals surface area contributed by atoms with Gasteiger partial charge in [-0.15, -0.1) is 0 Å². The molecule has 0 aliphatic carbocycles. The number of methoxy groups -OCH3 is 2. The van der Waals surface area contributed by atoms with Gasteiger partial charge in [0.05, 0.1) is 25.9 Å². The molecule has 3 heterocycles. The summed E-state index contributed by atoms with van der Waals surface area (Å²) in [6.45, 7) is 3.60. The summed E-state index contributed by atoms with van der Waals surface area (Å²) in [5.41, 5.74) is 3.83. The molecule has 0 radical (unpaired) electrons. The number of benzene rings is 1. The van der Waals surface area contributed by atoms with E-state index in [2.05, 4.69) is 29.1 Å². The van der Waals surface area contributed by atoms with E-state index in [1.54, 1.807) is 14.2 Å². The van der Waals surface area contributed by atoms with Gasteiger partial charge in [0.25, 0.3) is 0 Å². The number of H-pyrrole nitrogens is 1. The lowest BCUT2D eigenvalue weighted by atomic mass is 9.78. The van der Waals surface area contributed by atoms with Gasteiger partial charge < -0.3 is 24.1 Å². The van der Waals surface area contributed by atoms with E-state index in [0.29, 0.717) is 13.2 Å². The number of fused-ring (bicyclic) bond motifs is 4. The highest BCUT2D eigenvalue weighted by Crippen LogP contribution is 2.44. The zero-order chi connectivity index (χ0) is 20.4. The summed E-state index contributed by atoms with van der Waals surface area (Å²) < 4.78 is 15.8. The summed E-state index contributed by atoms with van der Waals surface area (Å²) in [5.74, 6) is 0.956. The Hall–Kier alpha value is -2.09. The van der Waals surface area contributed by atoms with Gasteiger partial charge in [0.1, 0.15) is 12.4 Å². The van der Waals surface area contributed by atoms with Crippen molar-refractivity contribution in [3.05, 3.63) is 29.5 Å². The zero-order valence-electron chi connectivity index (χ0n) is 17.6. The second-order valence-electron chi connectivity index (χ2n) is 8.02. The van der Waals surface area contributed by atoms with Crippen molar-refractivity contribution in [2.75, 3.05) is 60.7 Å². The van der Waals surface area contributed by atoms with Crippen LogP contribution >= 0.6 is 0 Å². The Bertz CT molecular complexity index is 870. The van der Waals surface area contributed by atoms with Crippen LogP contribution in [0.2, 0.25) is 0 Å². The average molecular weight is 402 g/mol. The highest BCUT2D eigenvalue weighted by Gasteiger charge is 2.45. The lowest BCUT2D eigenvalue weighted by Gasteiger charge is -2.49. The Morgan fingerprint density at radius 3 is 2.69 bits per heavy atom. The highest BCUT2D eigenvalue weighted by molar-refractivity contribution is 5.87. The number of rotatable bonds is 6. The first-order valence-electron chi connectivity index (χ1n) is 10.3. The van der Waals surface area contributed by atoms with E-state index in [-0.39, 0.29) is 18.1 Å². The molecule has 1 amide bonds. The van der Waals surface area contributed by atoms with Crippen LogP contribution in [0.4, 0.5) is 0 Å². The summed E-state index contributed by atoms with van der Waals surface area (Å²) in [6, 6.07) is 6.25. The van der Waals surface area contributed by atoms with Crippen molar-refractivity contribution in [2.45, 2.75) is 24.8 Å². The Morgan fingerprint density at radius 1 is 1.17 bits per heavy atom. The minimum atomic E-state index is -0.0481. The number of aromatic nitrogens is 1. The van der Waals surface area contributed by atoms with Crippen LogP contribution in [0.1, 0.15) is 24.1 Å². The van der Waals surface area contributed by atoms with Crippen LogP contribution in [0.15, 0.2) is 18.2 Å². The van der Waals surface area contributed by atoms with Crippen molar-refractivity contribution in [3.8, 4) is 5.75 Å². The highest BCUT2D eigenvalue weighted by atomic mass is 16.5. The zero-order valence-corrected chi connectivity index (χ0v) is 17.6. The molecule has 7 heteroatoms. The monoisotopic (exact) mass is 401 g/mol. The third-order valence-corrected chi connectivity index (χ3v) is 6.61. The molecule has 0 saturated carbocycles. The number of aromatic amines is 1. The summed E-state index contributed by atoms with van der Waals surface area (Å²) in [4.78, 5) is 20.6. The maximum atomic E-state index is 12.5. The molecule has 2 aliphatic heterocycles. The number of nitrogens with zero attached hydrogens (tertiary/aromatic N) is 2. The Kier molecular flexibility index (Phi) is 5.81.